The molecule has 0 aliphatic heterocycles. The average Bonchev–Trinajstić information content (AvgIpc) is 2.34. The molecule has 0 amide bonds. The number of rotatable bonds is 13. The fourth-order valence-corrected chi connectivity index (χ4v) is 2.36. The summed E-state index contributed by atoms with van der Waals surface area (Å²) < 4.78 is -1.20. The molecule has 114 valence electrons. The lowest BCUT2D eigenvalue weighted by atomic mass is 10.0. The van der Waals surface area contributed by atoms with Crippen molar-refractivity contribution in [3.05, 3.63) is 0 Å². The molecule has 0 saturated heterocycles. The van der Waals surface area contributed by atoms with Crippen molar-refractivity contribution in [2.24, 2.45) is 0 Å². The van der Waals surface area contributed by atoms with Gasteiger partial charge in [-0.1, -0.05) is 94.3 Å². The van der Waals surface area contributed by atoms with Crippen LogP contribution in [0.1, 0.15) is 90.9 Å². The molecule has 0 rings (SSSR count). The van der Waals surface area contributed by atoms with Gasteiger partial charge in [-0.2, -0.15) is 0 Å². The van der Waals surface area contributed by atoms with Crippen LogP contribution >= 0.6 is 23.2 Å². The maximum absolute atomic E-state index is 11.5. The first-order valence-corrected chi connectivity index (χ1v) is 8.65. The van der Waals surface area contributed by atoms with E-state index < -0.39 is 4.33 Å². The summed E-state index contributed by atoms with van der Waals surface area (Å²) in [6.07, 6.45) is 14.7. The number of unbranched alkanes of at least 4 members (excludes halogenated alkanes) is 10. The van der Waals surface area contributed by atoms with Crippen molar-refractivity contribution in [1.29, 1.82) is 0 Å². The van der Waals surface area contributed by atoms with Crippen LogP contribution in [-0.2, 0) is 4.79 Å². The molecule has 0 aliphatic rings. The van der Waals surface area contributed by atoms with E-state index in [-0.39, 0.29) is 5.78 Å². The van der Waals surface area contributed by atoms with Crippen LogP contribution < -0.4 is 0 Å². The summed E-state index contributed by atoms with van der Waals surface area (Å²) in [6, 6.07) is 0. The number of hydrogen-bond acceptors (Lipinski definition) is 1. The van der Waals surface area contributed by atoms with Crippen LogP contribution in [-0.4, -0.2) is 10.1 Å². The highest BCUT2D eigenvalue weighted by atomic mass is 35.5. The van der Waals surface area contributed by atoms with Gasteiger partial charge in [0.15, 0.2) is 10.1 Å². The Kier molecular flexibility index (Phi) is 12.2. The first-order valence-electron chi connectivity index (χ1n) is 7.89. The van der Waals surface area contributed by atoms with Crippen molar-refractivity contribution in [2.75, 3.05) is 0 Å². The summed E-state index contributed by atoms with van der Waals surface area (Å²) in [4.78, 5) is 11.5. The third kappa shape index (κ3) is 13.0. The Bertz CT molecular complexity index is 221. The molecule has 0 fully saturated rings. The summed E-state index contributed by atoms with van der Waals surface area (Å²) in [5, 5.41) is 0. The Morgan fingerprint density at radius 3 is 1.53 bits per heavy atom. The van der Waals surface area contributed by atoms with Crippen molar-refractivity contribution in [1.82, 2.24) is 0 Å². The van der Waals surface area contributed by atoms with Crippen LogP contribution in [0.5, 0.6) is 0 Å². The molecule has 3 heteroatoms. The van der Waals surface area contributed by atoms with Gasteiger partial charge in [0.1, 0.15) is 0 Å². The first-order chi connectivity index (χ1) is 8.98. The highest BCUT2D eigenvalue weighted by Crippen LogP contribution is 2.23. The molecular weight excluding hydrogens is 279 g/mol. The molecule has 0 aliphatic carbocycles. The van der Waals surface area contributed by atoms with Gasteiger partial charge in [0.2, 0.25) is 0 Å². The zero-order valence-electron chi connectivity index (χ0n) is 12.6. The van der Waals surface area contributed by atoms with E-state index in [4.69, 9.17) is 23.2 Å². The number of carbonyl (C=O) groups excluding carboxylic acids is 1. The maximum atomic E-state index is 11.5. The normalized spacial score (nSPS) is 11.8. The van der Waals surface area contributed by atoms with Gasteiger partial charge >= 0.3 is 0 Å². The van der Waals surface area contributed by atoms with E-state index in [0.717, 1.165) is 12.8 Å². The molecule has 0 spiro atoms. The van der Waals surface area contributed by atoms with E-state index in [1.807, 2.05) is 0 Å². The van der Waals surface area contributed by atoms with E-state index in [1.165, 1.54) is 57.8 Å². The Hall–Kier alpha value is 0.250. The van der Waals surface area contributed by atoms with Crippen molar-refractivity contribution < 1.29 is 4.79 Å². The van der Waals surface area contributed by atoms with Crippen LogP contribution in [0.4, 0.5) is 0 Å². The van der Waals surface area contributed by atoms with Gasteiger partial charge in [-0.3, -0.25) is 4.79 Å². The lowest BCUT2D eigenvalue weighted by Gasteiger charge is -2.10. The maximum Gasteiger partial charge on any atom is 0.173 e. The van der Waals surface area contributed by atoms with Crippen LogP contribution in [0, 0.1) is 0 Å². The molecule has 0 N–H and O–H groups in total. The van der Waals surface area contributed by atoms with Crippen LogP contribution in [0.15, 0.2) is 0 Å². The first kappa shape index (κ1) is 19.2. The molecule has 0 atom stereocenters. The van der Waals surface area contributed by atoms with Gasteiger partial charge in [0.25, 0.3) is 0 Å². The molecule has 0 aromatic heterocycles. The molecule has 0 radical (unpaired) electrons. The van der Waals surface area contributed by atoms with Gasteiger partial charge < -0.3 is 0 Å². The molecule has 19 heavy (non-hydrogen) atoms. The second-order valence-electron chi connectivity index (χ2n) is 5.60. The minimum absolute atomic E-state index is 0.0493. The number of ketones is 1. The standard InChI is InChI=1S/C16H30Cl2O/c1-3-4-5-6-7-8-9-10-11-12-13-14-15(19)16(2,17)18/h3-14H2,1-2H3. The summed E-state index contributed by atoms with van der Waals surface area (Å²) >= 11 is 11.5. The molecule has 0 aromatic rings. The Morgan fingerprint density at radius 1 is 0.789 bits per heavy atom. The van der Waals surface area contributed by atoms with E-state index in [2.05, 4.69) is 6.92 Å². The molecule has 0 unspecified atom stereocenters. The topological polar surface area (TPSA) is 17.1 Å². The van der Waals surface area contributed by atoms with Crippen molar-refractivity contribution >= 4 is 29.0 Å². The Morgan fingerprint density at radius 2 is 1.16 bits per heavy atom. The Balaban J connectivity index is 3.17. The van der Waals surface area contributed by atoms with Crippen LogP contribution in [0.2, 0.25) is 0 Å². The number of halogens is 2. The lowest BCUT2D eigenvalue weighted by Crippen LogP contribution is -2.21. The average molecular weight is 309 g/mol. The zero-order chi connectivity index (χ0) is 14.6. The fraction of sp³-hybridized carbons (Fsp3) is 0.938. The smallest absolute Gasteiger partial charge is 0.173 e. The summed E-state index contributed by atoms with van der Waals surface area (Å²) in [7, 11) is 0. The largest absolute Gasteiger partial charge is 0.296 e. The predicted molar refractivity (Wildman–Crippen MR) is 86.2 cm³/mol. The Labute approximate surface area is 129 Å². The molecule has 1 nitrogen and oxygen atoms in total. The van der Waals surface area contributed by atoms with Crippen molar-refractivity contribution in [3.63, 3.8) is 0 Å². The van der Waals surface area contributed by atoms with Gasteiger partial charge in [-0.05, 0) is 13.3 Å². The van der Waals surface area contributed by atoms with E-state index >= 15 is 0 Å². The fourth-order valence-electron chi connectivity index (χ4n) is 2.17. The SMILES string of the molecule is CCCCCCCCCCCCCC(=O)C(C)(Cl)Cl. The van der Waals surface area contributed by atoms with Crippen LogP contribution in [0.25, 0.3) is 0 Å². The molecule has 0 heterocycles. The number of carbonyl (C=O) groups is 1. The third-order valence-corrected chi connectivity index (χ3v) is 3.92. The van der Waals surface area contributed by atoms with Gasteiger partial charge in [0, 0.05) is 6.42 Å². The van der Waals surface area contributed by atoms with Gasteiger partial charge in [-0.25, -0.2) is 0 Å². The summed E-state index contributed by atoms with van der Waals surface area (Å²) in [5.41, 5.74) is 0. The minimum atomic E-state index is -1.20. The highest BCUT2D eigenvalue weighted by molar-refractivity contribution is 6.57. The monoisotopic (exact) mass is 308 g/mol. The molecule has 0 bridgehead atoms. The second kappa shape index (κ2) is 12.0. The molecular formula is C16H30Cl2O. The zero-order valence-corrected chi connectivity index (χ0v) is 14.2. The third-order valence-electron chi connectivity index (χ3n) is 3.50. The van der Waals surface area contributed by atoms with E-state index in [0.29, 0.717) is 6.42 Å². The molecule has 0 aromatic carbocycles. The predicted octanol–water partition coefficient (Wildman–Crippen LogP) is 6.45. The minimum Gasteiger partial charge on any atom is -0.296 e. The van der Waals surface area contributed by atoms with Crippen molar-refractivity contribution in [3.8, 4) is 0 Å². The number of Topliss-reactive ketones (excluding diaryl/α,β-unsaturated/α-hetero) is 1. The summed E-state index contributed by atoms with van der Waals surface area (Å²) in [6.45, 7) is 3.80. The lowest BCUT2D eigenvalue weighted by molar-refractivity contribution is -0.119. The van der Waals surface area contributed by atoms with Crippen molar-refractivity contribution in [2.45, 2.75) is 95.2 Å². The summed E-state index contributed by atoms with van der Waals surface area (Å²) in [5.74, 6) is -0.0493. The number of hydrogen-bond donors (Lipinski definition) is 0. The van der Waals surface area contributed by atoms with E-state index in [1.54, 1.807) is 6.92 Å². The van der Waals surface area contributed by atoms with Gasteiger partial charge in [-0.15, -0.1) is 0 Å². The number of alkyl halides is 2. The van der Waals surface area contributed by atoms with Gasteiger partial charge in [0.05, 0.1) is 0 Å². The highest BCUT2D eigenvalue weighted by Gasteiger charge is 2.25. The van der Waals surface area contributed by atoms with Crippen LogP contribution in [0.3, 0.4) is 0 Å². The molecule has 0 saturated carbocycles. The second-order valence-corrected chi connectivity index (χ2v) is 7.30. The quantitative estimate of drug-likeness (QED) is 0.282. The van der Waals surface area contributed by atoms with E-state index in [9.17, 15) is 4.79 Å².